The number of hydrogen-bond donors (Lipinski definition) is 1. The Morgan fingerprint density at radius 1 is 1.40 bits per heavy atom. The largest absolute Gasteiger partial charge is 0.392 e. The van der Waals surface area contributed by atoms with Crippen LogP contribution in [0.25, 0.3) is 0 Å². The van der Waals surface area contributed by atoms with E-state index in [0.717, 1.165) is 18.4 Å². The first-order valence-electron chi connectivity index (χ1n) is 4.99. The molecule has 15 heavy (non-hydrogen) atoms. The summed E-state index contributed by atoms with van der Waals surface area (Å²) >= 11 is 0. The van der Waals surface area contributed by atoms with Crippen molar-refractivity contribution in [3.63, 3.8) is 0 Å². The van der Waals surface area contributed by atoms with Crippen LogP contribution < -0.4 is 0 Å². The number of nitro benzene ring substituents is 1. The molecule has 0 radical (unpaired) electrons. The van der Waals surface area contributed by atoms with Crippen LogP contribution in [0.15, 0.2) is 24.3 Å². The topological polar surface area (TPSA) is 63.4 Å². The minimum Gasteiger partial charge on any atom is -0.392 e. The molecule has 0 saturated heterocycles. The number of hydrogen-bond acceptors (Lipinski definition) is 3. The Morgan fingerprint density at radius 3 is 2.27 bits per heavy atom. The van der Waals surface area contributed by atoms with E-state index >= 15 is 0 Å². The lowest BCUT2D eigenvalue weighted by atomic mass is 9.91. The van der Waals surface area contributed by atoms with E-state index in [9.17, 15) is 15.2 Å². The molecule has 0 aliphatic heterocycles. The SMILES string of the molecule is CC(O)C1(c2ccc([N+](=O)[O-])cc2)CC1. The fraction of sp³-hybridized carbons (Fsp3) is 0.455. The van der Waals surface area contributed by atoms with Crippen molar-refractivity contribution in [1.29, 1.82) is 0 Å². The molecule has 1 atom stereocenters. The number of nitrogens with zero attached hydrogens (tertiary/aromatic N) is 1. The van der Waals surface area contributed by atoms with Crippen molar-refractivity contribution in [2.24, 2.45) is 0 Å². The van der Waals surface area contributed by atoms with Crippen molar-refractivity contribution in [1.82, 2.24) is 0 Å². The van der Waals surface area contributed by atoms with Gasteiger partial charge in [0.05, 0.1) is 11.0 Å². The summed E-state index contributed by atoms with van der Waals surface area (Å²) in [6, 6.07) is 6.49. The van der Waals surface area contributed by atoms with Gasteiger partial charge in [0, 0.05) is 17.5 Å². The van der Waals surface area contributed by atoms with E-state index < -0.39 is 4.92 Å². The van der Waals surface area contributed by atoms with Crippen molar-refractivity contribution in [3.8, 4) is 0 Å². The zero-order valence-electron chi connectivity index (χ0n) is 8.51. The summed E-state index contributed by atoms with van der Waals surface area (Å²) in [5, 5.41) is 20.1. The third-order valence-corrected chi connectivity index (χ3v) is 3.24. The highest BCUT2D eigenvalue weighted by molar-refractivity contribution is 5.39. The maximum Gasteiger partial charge on any atom is 0.269 e. The molecule has 4 nitrogen and oxygen atoms in total. The van der Waals surface area contributed by atoms with Crippen LogP contribution in [0.1, 0.15) is 25.3 Å². The van der Waals surface area contributed by atoms with E-state index in [-0.39, 0.29) is 17.2 Å². The van der Waals surface area contributed by atoms with E-state index in [0.29, 0.717) is 0 Å². The molecule has 0 spiro atoms. The summed E-state index contributed by atoms with van der Waals surface area (Å²) in [4.78, 5) is 10.1. The van der Waals surface area contributed by atoms with E-state index in [1.54, 1.807) is 19.1 Å². The maximum absolute atomic E-state index is 10.5. The zero-order valence-corrected chi connectivity index (χ0v) is 8.51. The van der Waals surface area contributed by atoms with Crippen molar-refractivity contribution >= 4 is 5.69 Å². The molecule has 0 heterocycles. The van der Waals surface area contributed by atoms with Crippen molar-refractivity contribution in [3.05, 3.63) is 39.9 Å². The number of aliphatic hydroxyl groups excluding tert-OH is 1. The van der Waals surface area contributed by atoms with Gasteiger partial charge in [-0.05, 0) is 25.3 Å². The van der Waals surface area contributed by atoms with Gasteiger partial charge in [0.2, 0.25) is 0 Å². The fourth-order valence-corrected chi connectivity index (χ4v) is 2.00. The predicted molar refractivity (Wildman–Crippen MR) is 55.7 cm³/mol. The van der Waals surface area contributed by atoms with Gasteiger partial charge in [-0.1, -0.05) is 12.1 Å². The first kappa shape index (κ1) is 10.1. The van der Waals surface area contributed by atoms with E-state index in [4.69, 9.17) is 0 Å². The maximum atomic E-state index is 10.5. The molecule has 0 bridgehead atoms. The number of aliphatic hydroxyl groups is 1. The Labute approximate surface area is 87.7 Å². The molecule has 1 aromatic rings. The molecular weight excluding hydrogens is 194 g/mol. The molecule has 1 aliphatic carbocycles. The van der Waals surface area contributed by atoms with Gasteiger partial charge in [-0.25, -0.2) is 0 Å². The third kappa shape index (κ3) is 1.61. The van der Waals surface area contributed by atoms with Gasteiger partial charge >= 0.3 is 0 Å². The average molecular weight is 207 g/mol. The molecule has 1 fully saturated rings. The number of non-ortho nitro benzene ring substituents is 1. The monoisotopic (exact) mass is 207 g/mol. The summed E-state index contributed by atoms with van der Waals surface area (Å²) in [6.07, 6.45) is 1.53. The highest BCUT2D eigenvalue weighted by atomic mass is 16.6. The molecule has 80 valence electrons. The second kappa shape index (κ2) is 3.31. The Hall–Kier alpha value is -1.42. The van der Waals surface area contributed by atoms with Crippen molar-refractivity contribution in [2.75, 3.05) is 0 Å². The number of nitro groups is 1. The first-order chi connectivity index (χ1) is 7.06. The molecule has 0 aromatic heterocycles. The van der Waals surface area contributed by atoms with Gasteiger partial charge in [-0.15, -0.1) is 0 Å². The minimum atomic E-state index is -0.411. The summed E-state index contributed by atoms with van der Waals surface area (Å²) in [7, 11) is 0. The van der Waals surface area contributed by atoms with Crippen LogP contribution in [0.5, 0.6) is 0 Å². The van der Waals surface area contributed by atoms with Gasteiger partial charge in [-0.3, -0.25) is 10.1 Å². The smallest absolute Gasteiger partial charge is 0.269 e. The summed E-state index contributed by atoms with van der Waals surface area (Å²) in [6.45, 7) is 1.77. The van der Waals surface area contributed by atoms with E-state index in [2.05, 4.69) is 0 Å². The average Bonchev–Trinajstić information content (AvgIpc) is 2.98. The number of rotatable bonds is 3. The van der Waals surface area contributed by atoms with Crippen molar-refractivity contribution in [2.45, 2.75) is 31.3 Å². The predicted octanol–water partition coefficient (Wildman–Crippen LogP) is 2.01. The minimum absolute atomic E-state index is 0.0974. The molecule has 1 saturated carbocycles. The zero-order chi connectivity index (χ0) is 11.1. The second-order valence-electron chi connectivity index (χ2n) is 4.14. The first-order valence-corrected chi connectivity index (χ1v) is 4.99. The van der Waals surface area contributed by atoms with Crippen LogP contribution in [-0.2, 0) is 5.41 Å². The van der Waals surface area contributed by atoms with E-state index in [1.807, 2.05) is 0 Å². The van der Waals surface area contributed by atoms with Gasteiger partial charge in [0.1, 0.15) is 0 Å². The van der Waals surface area contributed by atoms with Crippen LogP contribution in [0.4, 0.5) is 5.69 Å². The van der Waals surface area contributed by atoms with Gasteiger partial charge in [0.15, 0.2) is 0 Å². The molecule has 1 N–H and O–H groups in total. The Bertz CT molecular complexity index is 379. The fourth-order valence-electron chi connectivity index (χ4n) is 2.00. The lowest BCUT2D eigenvalue weighted by Crippen LogP contribution is -2.22. The highest BCUT2D eigenvalue weighted by Crippen LogP contribution is 2.51. The number of benzene rings is 1. The Morgan fingerprint density at radius 2 is 1.93 bits per heavy atom. The van der Waals surface area contributed by atoms with Crippen LogP contribution in [-0.4, -0.2) is 16.1 Å². The van der Waals surface area contributed by atoms with Crippen molar-refractivity contribution < 1.29 is 10.0 Å². The Balaban J connectivity index is 2.28. The molecule has 1 aromatic carbocycles. The highest BCUT2D eigenvalue weighted by Gasteiger charge is 2.48. The molecular formula is C11H13NO3. The standard InChI is InChI=1S/C11H13NO3/c1-8(13)11(6-7-11)9-2-4-10(5-3-9)12(14)15/h2-5,8,13H,6-7H2,1H3. The van der Waals surface area contributed by atoms with Crippen LogP contribution in [0.2, 0.25) is 0 Å². The van der Waals surface area contributed by atoms with Crippen LogP contribution in [0.3, 0.4) is 0 Å². The van der Waals surface area contributed by atoms with Gasteiger partial charge in [-0.2, -0.15) is 0 Å². The van der Waals surface area contributed by atoms with E-state index in [1.165, 1.54) is 12.1 Å². The molecule has 1 unspecified atom stereocenters. The summed E-state index contributed by atoms with van der Waals surface area (Å²) in [5.74, 6) is 0. The van der Waals surface area contributed by atoms with Crippen LogP contribution >= 0.6 is 0 Å². The lowest BCUT2D eigenvalue weighted by Gasteiger charge is -2.18. The molecule has 2 rings (SSSR count). The van der Waals surface area contributed by atoms with Crippen LogP contribution in [0, 0.1) is 10.1 Å². The molecule has 4 heteroatoms. The Kier molecular flexibility index (Phi) is 2.23. The summed E-state index contributed by atoms with van der Waals surface area (Å²) < 4.78 is 0. The normalized spacial score (nSPS) is 19.6. The van der Waals surface area contributed by atoms with Gasteiger partial charge < -0.3 is 5.11 Å². The second-order valence-corrected chi connectivity index (χ2v) is 4.14. The van der Waals surface area contributed by atoms with Gasteiger partial charge in [0.25, 0.3) is 5.69 Å². The summed E-state index contributed by atoms with van der Waals surface area (Å²) in [5.41, 5.74) is 0.957. The quantitative estimate of drug-likeness (QED) is 0.609. The molecule has 1 aliphatic rings. The molecule has 0 amide bonds. The third-order valence-electron chi connectivity index (χ3n) is 3.24. The lowest BCUT2D eigenvalue weighted by molar-refractivity contribution is -0.384.